The van der Waals surface area contributed by atoms with Gasteiger partial charge in [-0.1, -0.05) is 36.1 Å². The number of nitrogens with two attached hydrogens (primary N) is 1. The van der Waals surface area contributed by atoms with E-state index in [1.807, 2.05) is 48.5 Å². The van der Waals surface area contributed by atoms with Crippen LogP contribution in [0.2, 0.25) is 0 Å². The van der Waals surface area contributed by atoms with Crippen LogP contribution in [-0.2, 0) is 4.94 Å². The van der Waals surface area contributed by atoms with Gasteiger partial charge in [-0.05, 0) is 79.0 Å². The van der Waals surface area contributed by atoms with E-state index in [0.717, 1.165) is 68.0 Å². The third-order valence-corrected chi connectivity index (χ3v) is 6.80. The zero-order chi connectivity index (χ0) is 27.3. The standard InChI is InChI=1S/C31H36F2N4O2/c32-28-12-8-26(9-13-28)31(27-10-14-29(33)15-11-27)37-22-20-36(21-23-37)19-3-4-24-38-30-16-6-25(7-17-30)5-1-2-18-35-39-34/h6-17,31,35H,2-4,18-24,34H2. The Balaban J connectivity index is 1.18. The third kappa shape index (κ3) is 9.13. The monoisotopic (exact) mass is 534 g/mol. The Hall–Kier alpha value is -3.32. The number of rotatable bonds is 12. The van der Waals surface area contributed by atoms with Crippen molar-refractivity contribution < 1.29 is 18.5 Å². The summed E-state index contributed by atoms with van der Waals surface area (Å²) < 4.78 is 33.0. The molecule has 206 valence electrons. The van der Waals surface area contributed by atoms with Gasteiger partial charge >= 0.3 is 0 Å². The summed E-state index contributed by atoms with van der Waals surface area (Å²) >= 11 is 0. The van der Waals surface area contributed by atoms with Crippen molar-refractivity contribution in [3.8, 4) is 17.6 Å². The molecule has 1 aliphatic heterocycles. The maximum Gasteiger partial charge on any atom is 0.123 e. The highest BCUT2D eigenvalue weighted by Crippen LogP contribution is 2.30. The van der Waals surface area contributed by atoms with E-state index >= 15 is 0 Å². The lowest BCUT2D eigenvalue weighted by Gasteiger charge is -2.40. The maximum absolute atomic E-state index is 13.6. The fraction of sp³-hybridized carbons (Fsp3) is 0.355. The highest BCUT2D eigenvalue weighted by atomic mass is 19.1. The van der Waals surface area contributed by atoms with Crippen LogP contribution in [0.5, 0.6) is 5.75 Å². The van der Waals surface area contributed by atoms with Crippen molar-refractivity contribution in [1.82, 2.24) is 15.3 Å². The topological polar surface area (TPSA) is 63.0 Å². The minimum atomic E-state index is -0.254. The Morgan fingerprint density at radius 3 is 2.03 bits per heavy atom. The molecule has 1 aliphatic rings. The molecule has 3 aromatic rings. The van der Waals surface area contributed by atoms with Gasteiger partial charge in [-0.2, -0.15) is 11.4 Å². The maximum atomic E-state index is 13.6. The summed E-state index contributed by atoms with van der Waals surface area (Å²) in [4.78, 5) is 9.17. The fourth-order valence-corrected chi connectivity index (χ4v) is 4.75. The van der Waals surface area contributed by atoms with Gasteiger partial charge in [-0.25, -0.2) is 13.7 Å². The summed E-state index contributed by atoms with van der Waals surface area (Å²) in [6.45, 7) is 5.97. The molecule has 8 heteroatoms. The van der Waals surface area contributed by atoms with Crippen LogP contribution in [0, 0.1) is 23.5 Å². The number of nitrogens with one attached hydrogen (secondary N) is 1. The van der Waals surface area contributed by atoms with Crippen LogP contribution in [-0.4, -0.2) is 55.7 Å². The lowest BCUT2D eigenvalue weighted by Crippen LogP contribution is -2.48. The Morgan fingerprint density at radius 1 is 0.821 bits per heavy atom. The molecule has 0 atom stereocenters. The van der Waals surface area contributed by atoms with Gasteiger partial charge in [0.05, 0.1) is 12.6 Å². The second-order valence-corrected chi connectivity index (χ2v) is 9.53. The predicted molar refractivity (Wildman–Crippen MR) is 149 cm³/mol. The van der Waals surface area contributed by atoms with Gasteiger partial charge in [0.25, 0.3) is 0 Å². The average molecular weight is 535 g/mol. The first-order chi connectivity index (χ1) is 19.1. The van der Waals surface area contributed by atoms with Crippen molar-refractivity contribution in [2.24, 2.45) is 5.90 Å². The number of piperazine rings is 1. The number of halogens is 2. The van der Waals surface area contributed by atoms with Crippen molar-refractivity contribution in [3.63, 3.8) is 0 Å². The normalized spacial score (nSPS) is 14.3. The molecule has 3 N–H and O–H groups in total. The summed E-state index contributed by atoms with van der Waals surface area (Å²) in [5.74, 6) is 11.4. The average Bonchev–Trinajstić information content (AvgIpc) is 2.96. The molecule has 39 heavy (non-hydrogen) atoms. The number of hydrogen-bond acceptors (Lipinski definition) is 6. The zero-order valence-electron chi connectivity index (χ0n) is 22.1. The van der Waals surface area contributed by atoms with E-state index in [1.54, 1.807) is 0 Å². The molecule has 0 spiro atoms. The molecule has 0 radical (unpaired) electrons. The summed E-state index contributed by atoms with van der Waals surface area (Å²) in [5, 5.41) is 0. The molecule has 4 rings (SSSR count). The quantitative estimate of drug-likeness (QED) is 0.200. The Morgan fingerprint density at radius 2 is 1.44 bits per heavy atom. The molecule has 3 aromatic carbocycles. The summed E-state index contributed by atoms with van der Waals surface area (Å²) in [7, 11) is 0. The van der Waals surface area contributed by atoms with E-state index in [1.165, 1.54) is 24.3 Å². The minimum absolute atomic E-state index is 0.0260. The lowest BCUT2D eigenvalue weighted by atomic mass is 9.96. The molecule has 0 aromatic heterocycles. The van der Waals surface area contributed by atoms with Gasteiger partial charge in [-0.3, -0.25) is 4.90 Å². The lowest BCUT2D eigenvalue weighted by molar-refractivity contribution is 0.0425. The van der Waals surface area contributed by atoms with Crippen LogP contribution in [0.4, 0.5) is 8.78 Å². The smallest absolute Gasteiger partial charge is 0.123 e. The first-order valence-electron chi connectivity index (χ1n) is 13.4. The Kier molecular flexibility index (Phi) is 11.3. The highest BCUT2D eigenvalue weighted by molar-refractivity contribution is 5.38. The Bertz CT molecular complexity index is 1140. The molecule has 1 heterocycles. The van der Waals surface area contributed by atoms with Gasteiger partial charge in [0.2, 0.25) is 0 Å². The van der Waals surface area contributed by atoms with E-state index in [0.29, 0.717) is 19.6 Å². The first kappa shape index (κ1) is 28.7. The van der Waals surface area contributed by atoms with Gasteiger partial charge in [0.15, 0.2) is 0 Å². The number of unbranched alkanes of at least 4 members (excludes halogenated alkanes) is 1. The number of hydrogen-bond donors (Lipinski definition) is 2. The van der Waals surface area contributed by atoms with Gasteiger partial charge < -0.3 is 9.64 Å². The van der Waals surface area contributed by atoms with Crippen molar-refractivity contribution in [3.05, 3.63) is 101 Å². The predicted octanol–water partition coefficient (Wildman–Crippen LogP) is 4.67. The zero-order valence-corrected chi connectivity index (χ0v) is 22.1. The van der Waals surface area contributed by atoms with Crippen molar-refractivity contribution >= 4 is 0 Å². The van der Waals surface area contributed by atoms with Crippen LogP contribution in [0.3, 0.4) is 0 Å². The van der Waals surface area contributed by atoms with Crippen LogP contribution in [0.1, 0.15) is 42.0 Å². The van der Waals surface area contributed by atoms with E-state index in [-0.39, 0.29) is 17.7 Å². The SMILES string of the molecule is NONCCC#Cc1ccc(OCCCCN2CCN(C(c3ccc(F)cc3)c3ccc(F)cc3)CC2)cc1. The first-order valence-corrected chi connectivity index (χ1v) is 13.4. The summed E-state index contributed by atoms with van der Waals surface area (Å²) in [5.41, 5.74) is 5.52. The van der Waals surface area contributed by atoms with Crippen molar-refractivity contribution in [2.45, 2.75) is 25.3 Å². The molecular formula is C31H36F2N4O2. The number of hydroxylamine groups is 1. The molecule has 0 bridgehead atoms. The van der Waals surface area contributed by atoms with Crippen molar-refractivity contribution in [1.29, 1.82) is 0 Å². The Labute approximate surface area is 229 Å². The second kappa shape index (κ2) is 15.3. The van der Waals surface area contributed by atoms with E-state index in [2.05, 4.69) is 32.1 Å². The molecule has 0 unspecified atom stereocenters. The van der Waals surface area contributed by atoms with Gasteiger partial charge in [0, 0.05) is 44.7 Å². The number of nitrogens with zero attached hydrogens (tertiary/aromatic N) is 2. The molecule has 6 nitrogen and oxygen atoms in total. The molecule has 1 saturated heterocycles. The minimum Gasteiger partial charge on any atom is -0.494 e. The fourth-order valence-electron chi connectivity index (χ4n) is 4.75. The van der Waals surface area contributed by atoms with Crippen molar-refractivity contribution in [2.75, 3.05) is 45.9 Å². The van der Waals surface area contributed by atoms with Gasteiger partial charge in [-0.15, -0.1) is 0 Å². The van der Waals surface area contributed by atoms with Crippen LogP contribution in [0.15, 0.2) is 72.8 Å². The molecule has 0 saturated carbocycles. The number of ether oxygens (including phenoxy) is 1. The molecule has 1 fully saturated rings. The van der Waals surface area contributed by atoms with Crippen LogP contribution >= 0.6 is 0 Å². The second-order valence-electron chi connectivity index (χ2n) is 9.53. The van der Waals surface area contributed by atoms with Crippen LogP contribution < -0.4 is 16.1 Å². The molecule has 0 amide bonds. The molecule has 0 aliphatic carbocycles. The van der Waals surface area contributed by atoms with E-state index < -0.39 is 0 Å². The summed E-state index contributed by atoms with van der Waals surface area (Å²) in [6, 6.07) is 21.1. The molecular weight excluding hydrogens is 498 g/mol. The van der Waals surface area contributed by atoms with E-state index in [4.69, 9.17) is 10.6 Å². The largest absolute Gasteiger partial charge is 0.494 e. The summed E-state index contributed by atoms with van der Waals surface area (Å²) in [6.07, 6.45) is 2.68. The third-order valence-electron chi connectivity index (χ3n) is 6.80. The number of benzene rings is 3. The van der Waals surface area contributed by atoms with Crippen LogP contribution in [0.25, 0.3) is 0 Å². The van der Waals surface area contributed by atoms with E-state index in [9.17, 15) is 8.78 Å². The highest BCUT2D eigenvalue weighted by Gasteiger charge is 2.26. The van der Waals surface area contributed by atoms with Gasteiger partial charge in [0.1, 0.15) is 17.4 Å².